The molecule has 26 heavy (non-hydrogen) atoms. The molecule has 0 saturated carbocycles. The predicted octanol–water partition coefficient (Wildman–Crippen LogP) is 0.381. The lowest BCUT2D eigenvalue weighted by molar-refractivity contribution is -0.139. The van der Waals surface area contributed by atoms with Gasteiger partial charge in [-0.05, 0) is 43.6 Å². The van der Waals surface area contributed by atoms with Gasteiger partial charge < -0.3 is 20.3 Å². The number of carboxylic acid groups (broad SMARTS) is 1. The molecule has 2 heterocycles. The smallest absolute Gasteiger partial charge is 0.341 e. The van der Waals surface area contributed by atoms with Crippen molar-refractivity contribution in [2.24, 2.45) is 0 Å². The van der Waals surface area contributed by atoms with Crippen LogP contribution >= 0.6 is 0 Å². The van der Waals surface area contributed by atoms with E-state index in [-0.39, 0.29) is 6.61 Å². The maximum atomic E-state index is 10.6. The molecule has 2 fully saturated rings. The van der Waals surface area contributed by atoms with Gasteiger partial charge in [-0.1, -0.05) is 12.1 Å². The molecule has 7 nitrogen and oxygen atoms in total. The van der Waals surface area contributed by atoms with Crippen molar-refractivity contribution in [3.05, 3.63) is 29.8 Å². The van der Waals surface area contributed by atoms with E-state index in [1.165, 1.54) is 12.8 Å². The third-order valence-electron chi connectivity index (χ3n) is 5.30. The number of aliphatic hydroxyl groups is 1. The van der Waals surface area contributed by atoms with Crippen LogP contribution < -0.4 is 10.1 Å². The number of benzene rings is 1. The Hall–Kier alpha value is -1.67. The number of hydrogen-bond acceptors (Lipinski definition) is 6. The first kappa shape index (κ1) is 19.1. The molecule has 144 valence electrons. The first-order valence-corrected chi connectivity index (χ1v) is 9.42. The molecule has 0 aliphatic carbocycles. The van der Waals surface area contributed by atoms with Gasteiger partial charge in [0.15, 0.2) is 6.61 Å². The van der Waals surface area contributed by atoms with Crippen LogP contribution in [0.5, 0.6) is 5.75 Å². The van der Waals surface area contributed by atoms with Gasteiger partial charge in [0.05, 0.1) is 0 Å². The molecule has 2 saturated heterocycles. The number of nitrogens with one attached hydrogen (secondary N) is 1. The van der Waals surface area contributed by atoms with E-state index in [2.05, 4.69) is 15.1 Å². The first-order chi connectivity index (χ1) is 12.6. The van der Waals surface area contributed by atoms with E-state index < -0.39 is 12.2 Å². The Balaban J connectivity index is 1.43. The molecular weight excluding hydrogens is 334 g/mol. The van der Waals surface area contributed by atoms with Crippen LogP contribution in [0.25, 0.3) is 0 Å². The van der Waals surface area contributed by atoms with Gasteiger partial charge in [-0.3, -0.25) is 9.80 Å². The SMILES string of the molecule is O=C(O)COc1ccc(CC(O)N2CCN(C3CCNCC3)CC2)cc1. The van der Waals surface area contributed by atoms with Crippen molar-refractivity contribution in [1.82, 2.24) is 15.1 Å². The second kappa shape index (κ2) is 9.32. The third-order valence-corrected chi connectivity index (χ3v) is 5.30. The van der Waals surface area contributed by atoms with Crippen LogP contribution in [-0.2, 0) is 11.2 Å². The summed E-state index contributed by atoms with van der Waals surface area (Å²) in [6.45, 7) is 5.70. The Kier molecular flexibility index (Phi) is 6.85. The number of nitrogens with zero attached hydrogens (tertiary/aromatic N) is 2. The highest BCUT2D eigenvalue weighted by atomic mass is 16.5. The average Bonchev–Trinajstić information content (AvgIpc) is 2.68. The standard InChI is InChI=1S/C19H29N3O4/c23-18(13-15-1-3-17(4-2-15)26-14-19(24)25)22-11-9-21(10-12-22)16-5-7-20-8-6-16/h1-4,16,18,20,23H,5-14H2,(H,24,25). The van der Waals surface area contributed by atoms with Gasteiger partial charge in [-0.25, -0.2) is 4.79 Å². The summed E-state index contributed by atoms with van der Waals surface area (Å²) in [5, 5.41) is 22.6. The van der Waals surface area contributed by atoms with Crippen LogP contribution in [-0.4, -0.2) is 84.1 Å². The Morgan fingerprint density at radius 1 is 1.15 bits per heavy atom. The highest BCUT2D eigenvalue weighted by Gasteiger charge is 2.27. The minimum atomic E-state index is -0.992. The van der Waals surface area contributed by atoms with E-state index >= 15 is 0 Å². The van der Waals surface area contributed by atoms with Gasteiger partial charge in [0.2, 0.25) is 0 Å². The number of carbonyl (C=O) groups is 1. The van der Waals surface area contributed by atoms with Gasteiger partial charge in [0.25, 0.3) is 0 Å². The highest BCUT2D eigenvalue weighted by Crippen LogP contribution is 2.18. The molecule has 7 heteroatoms. The van der Waals surface area contributed by atoms with Gasteiger partial charge in [-0.15, -0.1) is 0 Å². The fourth-order valence-electron chi connectivity index (χ4n) is 3.78. The molecule has 1 unspecified atom stereocenters. The van der Waals surface area contributed by atoms with Crippen molar-refractivity contribution in [3.8, 4) is 5.75 Å². The molecule has 2 aliphatic rings. The topological polar surface area (TPSA) is 85.3 Å². The van der Waals surface area contributed by atoms with E-state index in [1.807, 2.05) is 12.1 Å². The fourth-order valence-corrected chi connectivity index (χ4v) is 3.78. The number of piperazine rings is 1. The summed E-state index contributed by atoms with van der Waals surface area (Å²) in [7, 11) is 0. The zero-order chi connectivity index (χ0) is 18.4. The van der Waals surface area contributed by atoms with Crippen molar-refractivity contribution in [3.63, 3.8) is 0 Å². The summed E-state index contributed by atoms with van der Waals surface area (Å²) in [5.74, 6) is -0.464. The Morgan fingerprint density at radius 2 is 1.81 bits per heavy atom. The molecule has 3 rings (SSSR count). The normalized spacial score (nSPS) is 21.4. The van der Waals surface area contributed by atoms with Gasteiger partial charge >= 0.3 is 5.97 Å². The monoisotopic (exact) mass is 363 g/mol. The lowest BCUT2D eigenvalue weighted by Gasteiger charge is -2.42. The molecule has 0 radical (unpaired) electrons. The van der Waals surface area contributed by atoms with Crippen LogP contribution in [0.15, 0.2) is 24.3 Å². The first-order valence-electron chi connectivity index (χ1n) is 9.42. The van der Waals surface area contributed by atoms with Crippen LogP contribution in [0.1, 0.15) is 18.4 Å². The van der Waals surface area contributed by atoms with E-state index in [4.69, 9.17) is 9.84 Å². The van der Waals surface area contributed by atoms with Crippen LogP contribution in [0.3, 0.4) is 0 Å². The van der Waals surface area contributed by atoms with Crippen LogP contribution in [0.2, 0.25) is 0 Å². The molecule has 0 amide bonds. The average molecular weight is 363 g/mol. The van der Waals surface area contributed by atoms with Crippen molar-refractivity contribution in [2.45, 2.75) is 31.5 Å². The summed E-state index contributed by atoms with van der Waals surface area (Å²) in [6.07, 6.45) is 2.51. The van der Waals surface area contributed by atoms with E-state index in [1.54, 1.807) is 12.1 Å². The van der Waals surface area contributed by atoms with Crippen molar-refractivity contribution >= 4 is 5.97 Å². The highest BCUT2D eigenvalue weighted by molar-refractivity contribution is 5.68. The summed E-state index contributed by atoms with van der Waals surface area (Å²) in [4.78, 5) is 15.2. The second-order valence-electron chi connectivity index (χ2n) is 7.06. The molecule has 2 aliphatic heterocycles. The van der Waals surface area contributed by atoms with Gasteiger partial charge in [-0.2, -0.15) is 0 Å². The maximum Gasteiger partial charge on any atom is 0.341 e. The fraction of sp³-hybridized carbons (Fsp3) is 0.632. The second-order valence-corrected chi connectivity index (χ2v) is 7.06. The molecule has 0 aromatic heterocycles. The number of ether oxygens (including phenoxy) is 1. The number of carboxylic acids is 1. The lowest BCUT2D eigenvalue weighted by atomic mass is 10.0. The molecule has 1 aromatic rings. The Morgan fingerprint density at radius 3 is 2.42 bits per heavy atom. The number of aliphatic hydroxyl groups excluding tert-OH is 1. The minimum absolute atomic E-state index is 0.344. The van der Waals surface area contributed by atoms with E-state index in [9.17, 15) is 9.90 Å². The molecule has 0 spiro atoms. The molecule has 1 aromatic carbocycles. The van der Waals surface area contributed by atoms with Crippen molar-refractivity contribution in [1.29, 1.82) is 0 Å². The number of hydrogen-bond donors (Lipinski definition) is 3. The quantitative estimate of drug-likeness (QED) is 0.646. The summed E-state index contributed by atoms with van der Waals surface area (Å²) in [5.41, 5.74) is 1.01. The number of rotatable bonds is 7. The van der Waals surface area contributed by atoms with Crippen molar-refractivity contribution < 1.29 is 19.7 Å². The molecule has 1 atom stereocenters. The number of aliphatic carboxylic acids is 1. The summed E-state index contributed by atoms with van der Waals surface area (Å²) >= 11 is 0. The summed E-state index contributed by atoms with van der Waals surface area (Å²) in [6, 6.07) is 7.95. The van der Waals surface area contributed by atoms with Crippen molar-refractivity contribution in [2.75, 3.05) is 45.9 Å². The van der Waals surface area contributed by atoms with Gasteiger partial charge in [0.1, 0.15) is 12.0 Å². The lowest BCUT2D eigenvalue weighted by Crippen LogP contribution is -2.55. The zero-order valence-corrected chi connectivity index (χ0v) is 15.1. The minimum Gasteiger partial charge on any atom is -0.482 e. The molecular formula is C19H29N3O4. The largest absolute Gasteiger partial charge is 0.482 e. The predicted molar refractivity (Wildman–Crippen MR) is 98.3 cm³/mol. The Bertz CT molecular complexity index is 567. The van der Waals surface area contributed by atoms with E-state index in [0.29, 0.717) is 18.2 Å². The van der Waals surface area contributed by atoms with E-state index in [0.717, 1.165) is 44.8 Å². The zero-order valence-electron chi connectivity index (χ0n) is 15.1. The maximum absolute atomic E-state index is 10.6. The molecule has 3 N–H and O–H groups in total. The van der Waals surface area contributed by atoms with Crippen LogP contribution in [0, 0.1) is 0 Å². The van der Waals surface area contributed by atoms with Crippen LogP contribution in [0.4, 0.5) is 0 Å². The van der Waals surface area contributed by atoms with Gasteiger partial charge in [0, 0.05) is 38.6 Å². The number of piperidine rings is 1. The third kappa shape index (κ3) is 5.41. The molecule has 0 bridgehead atoms. The Labute approximate surface area is 154 Å². The summed E-state index contributed by atoms with van der Waals surface area (Å²) < 4.78 is 5.13.